The molecule has 5 heteroatoms. The number of anilines is 1. The summed E-state index contributed by atoms with van der Waals surface area (Å²) in [7, 11) is 0. The van der Waals surface area contributed by atoms with Crippen LogP contribution in [0, 0.1) is 23.2 Å². The first-order valence-electron chi connectivity index (χ1n) is 10.3. The smallest absolute Gasteiger partial charge is 0.237 e. The highest BCUT2D eigenvalue weighted by Gasteiger charge is 2.64. The van der Waals surface area contributed by atoms with Crippen LogP contribution in [0.2, 0.25) is 0 Å². The Morgan fingerprint density at radius 3 is 2.89 bits per heavy atom. The van der Waals surface area contributed by atoms with Crippen LogP contribution in [0.5, 0.6) is 0 Å². The molecule has 3 N–H and O–H groups in total. The number of hydrogen-bond acceptors (Lipinski definition) is 4. The van der Waals surface area contributed by atoms with E-state index in [1.165, 1.54) is 31.2 Å². The highest BCUT2D eigenvalue weighted by Crippen LogP contribution is 2.66. The van der Waals surface area contributed by atoms with E-state index in [9.17, 15) is 10.1 Å². The van der Waals surface area contributed by atoms with Crippen molar-refractivity contribution in [3.8, 4) is 6.07 Å². The van der Waals surface area contributed by atoms with E-state index < -0.39 is 0 Å². The highest BCUT2D eigenvalue weighted by atomic mass is 16.2. The quantitative estimate of drug-likeness (QED) is 0.805. The molecule has 27 heavy (non-hydrogen) atoms. The molecule has 6 rings (SSSR count). The number of nitrogen functional groups attached to an aromatic ring is 1. The minimum atomic E-state index is -0.228. The maximum absolute atomic E-state index is 12.7. The molecule has 4 aliphatic carbocycles. The first kappa shape index (κ1) is 17.1. The van der Waals surface area contributed by atoms with Crippen molar-refractivity contribution in [3.63, 3.8) is 0 Å². The average molecular weight is 364 g/mol. The number of benzene rings is 1. The molecule has 1 heterocycles. The number of carbonyl (C=O) groups excluding carboxylic acids is 1. The van der Waals surface area contributed by atoms with Crippen LogP contribution in [0.15, 0.2) is 24.3 Å². The van der Waals surface area contributed by atoms with E-state index in [2.05, 4.69) is 23.5 Å². The number of nitrogens with zero attached hydrogens (tertiary/aromatic N) is 2. The monoisotopic (exact) mass is 364 g/mol. The fraction of sp³-hybridized carbons (Fsp3) is 0.636. The summed E-state index contributed by atoms with van der Waals surface area (Å²) in [5.74, 6) is 1.52. The van der Waals surface area contributed by atoms with Crippen LogP contribution in [0.25, 0.3) is 0 Å². The van der Waals surface area contributed by atoms with Gasteiger partial charge in [0.2, 0.25) is 5.91 Å². The van der Waals surface area contributed by atoms with Gasteiger partial charge in [0.05, 0.1) is 12.6 Å². The molecule has 5 nitrogen and oxygen atoms in total. The van der Waals surface area contributed by atoms with E-state index in [-0.39, 0.29) is 22.9 Å². The molecule has 1 aromatic carbocycles. The summed E-state index contributed by atoms with van der Waals surface area (Å²) in [5.41, 5.74) is 8.49. The predicted molar refractivity (Wildman–Crippen MR) is 104 cm³/mol. The Labute approximate surface area is 160 Å². The molecule has 0 aromatic heterocycles. The summed E-state index contributed by atoms with van der Waals surface area (Å²) in [6.07, 6.45) is 7.87. The van der Waals surface area contributed by atoms with Gasteiger partial charge in [0.25, 0.3) is 0 Å². The van der Waals surface area contributed by atoms with Gasteiger partial charge in [-0.25, -0.2) is 0 Å². The second-order valence-electron chi connectivity index (χ2n) is 9.37. The molecule has 4 bridgehead atoms. The minimum Gasteiger partial charge on any atom is -0.399 e. The van der Waals surface area contributed by atoms with Gasteiger partial charge in [0.1, 0.15) is 6.04 Å². The summed E-state index contributed by atoms with van der Waals surface area (Å²) >= 11 is 0. The number of nitrogens with one attached hydrogen (secondary N) is 1. The lowest BCUT2D eigenvalue weighted by molar-refractivity contribution is -0.130. The van der Waals surface area contributed by atoms with Crippen molar-refractivity contribution in [2.75, 3.05) is 18.8 Å². The Balaban J connectivity index is 1.33. The van der Waals surface area contributed by atoms with Crippen molar-refractivity contribution in [2.45, 2.75) is 61.9 Å². The molecule has 5 aliphatic rings. The van der Waals surface area contributed by atoms with Gasteiger partial charge >= 0.3 is 0 Å². The molecule has 1 aromatic rings. The van der Waals surface area contributed by atoms with E-state index in [1.54, 1.807) is 4.90 Å². The number of rotatable bonds is 4. The van der Waals surface area contributed by atoms with Crippen molar-refractivity contribution >= 4 is 11.6 Å². The van der Waals surface area contributed by atoms with E-state index in [4.69, 9.17) is 5.73 Å². The summed E-state index contributed by atoms with van der Waals surface area (Å²) in [5, 5.41) is 13.0. The minimum absolute atomic E-state index is 0.0983. The van der Waals surface area contributed by atoms with E-state index in [1.807, 2.05) is 12.1 Å². The lowest BCUT2D eigenvalue weighted by Crippen LogP contribution is -2.52. The first-order valence-corrected chi connectivity index (χ1v) is 10.3. The van der Waals surface area contributed by atoms with Gasteiger partial charge in [-0.1, -0.05) is 12.1 Å². The van der Waals surface area contributed by atoms with Gasteiger partial charge in [-0.15, -0.1) is 0 Å². The number of amides is 1. The third kappa shape index (κ3) is 2.57. The van der Waals surface area contributed by atoms with Crippen molar-refractivity contribution < 1.29 is 4.79 Å². The molecule has 5 atom stereocenters. The van der Waals surface area contributed by atoms with Crippen LogP contribution in [0.4, 0.5) is 5.69 Å². The molecule has 1 saturated heterocycles. The second kappa shape index (κ2) is 5.97. The maximum atomic E-state index is 12.7. The average Bonchev–Trinajstić information content (AvgIpc) is 3.29. The summed E-state index contributed by atoms with van der Waals surface area (Å²) < 4.78 is 0. The van der Waals surface area contributed by atoms with Gasteiger partial charge in [-0.05, 0) is 79.9 Å². The van der Waals surface area contributed by atoms with E-state index >= 15 is 0 Å². The summed E-state index contributed by atoms with van der Waals surface area (Å²) in [6.45, 7) is 1.10. The third-order valence-electron chi connectivity index (χ3n) is 7.86. The Morgan fingerprint density at radius 1 is 1.30 bits per heavy atom. The van der Waals surface area contributed by atoms with Gasteiger partial charge in [0, 0.05) is 17.8 Å². The highest BCUT2D eigenvalue weighted by molar-refractivity contribution is 5.79. The number of hydrogen-bond donors (Lipinski definition) is 2. The van der Waals surface area contributed by atoms with Gasteiger partial charge in [0.15, 0.2) is 0 Å². The fourth-order valence-electron chi connectivity index (χ4n) is 6.91. The Hall–Kier alpha value is -2.06. The lowest BCUT2D eigenvalue weighted by Gasteiger charge is -2.42. The molecule has 1 aliphatic heterocycles. The van der Waals surface area contributed by atoms with Crippen LogP contribution in [-0.4, -0.2) is 35.5 Å². The normalized spacial score (nSPS) is 39.1. The number of carbonyl (C=O) groups is 1. The van der Waals surface area contributed by atoms with Crippen LogP contribution >= 0.6 is 0 Å². The zero-order valence-electron chi connectivity index (χ0n) is 15.8. The van der Waals surface area contributed by atoms with Crippen molar-refractivity contribution in [2.24, 2.45) is 11.8 Å². The maximum Gasteiger partial charge on any atom is 0.237 e. The molecule has 5 fully saturated rings. The van der Waals surface area contributed by atoms with E-state index in [0.29, 0.717) is 12.5 Å². The zero-order valence-corrected chi connectivity index (χ0v) is 15.8. The molecular weight excluding hydrogens is 336 g/mol. The van der Waals surface area contributed by atoms with Crippen LogP contribution in [0.1, 0.15) is 50.5 Å². The zero-order chi connectivity index (χ0) is 18.6. The molecule has 1 amide bonds. The van der Waals surface area contributed by atoms with Gasteiger partial charge in [-0.2, -0.15) is 5.26 Å². The number of nitriles is 1. The van der Waals surface area contributed by atoms with Crippen molar-refractivity contribution in [3.05, 3.63) is 29.8 Å². The van der Waals surface area contributed by atoms with Gasteiger partial charge < -0.3 is 16.0 Å². The molecule has 142 valence electrons. The summed E-state index contributed by atoms with van der Waals surface area (Å²) in [6, 6.07) is 10.5. The van der Waals surface area contributed by atoms with Crippen LogP contribution < -0.4 is 11.1 Å². The standard InChI is InChI=1S/C22H28N4O/c23-12-19-2-1-7-26(19)20(27)13-25-22-10-15-8-17(22)11-21(9-15,14-22)16-3-5-18(24)6-4-16/h3-6,15,17,19,25H,1-2,7-11,13-14,24H2. The Morgan fingerprint density at radius 2 is 2.11 bits per heavy atom. The van der Waals surface area contributed by atoms with Crippen LogP contribution in [0.3, 0.4) is 0 Å². The largest absolute Gasteiger partial charge is 0.399 e. The van der Waals surface area contributed by atoms with Gasteiger partial charge in [-0.3, -0.25) is 4.79 Å². The predicted octanol–water partition coefficient (Wildman–Crippen LogP) is 2.57. The molecule has 0 spiro atoms. The van der Waals surface area contributed by atoms with Crippen molar-refractivity contribution in [1.29, 1.82) is 5.26 Å². The first-order chi connectivity index (χ1) is 13.0. The summed E-state index contributed by atoms with van der Waals surface area (Å²) in [4.78, 5) is 14.5. The van der Waals surface area contributed by atoms with Crippen molar-refractivity contribution in [1.82, 2.24) is 10.2 Å². The van der Waals surface area contributed by atoms with Crippen LogP contribution in [-0.2, 0) is 10.2 Å². The lowest BCUT2D eigenvalue weighted by atomic mass is 9.65. The molecule has 0 radical (unpaired) electrons. The number of nitrogens with two attached hydrogens (primary N) is 1. The molecule has 4 saturated carbocycles. The number of likely N-dealkylation sites (tertiary alicyclic amines) is 1. The topological polar surface area (TPSA) is 82.2 Å². The Kier molecular flexibility index (Phi) is 3.77. The SMILES string of the molecule is N#CC1CCCN1C(=O)CNC12CC3CC1CC(c1ccc(N)cc1)(C3)C2. The third-order valence-corrected chi connectivity index (χ3v) is 7.86. The Bertz CT molecular complexity index is 800. The molecular formula is C22H28N4O. The second-order valence-corrected chi connectivity index (χ2v) is 9.37. The molecule has 5 unspecified atom stereocenters. The van der Waals surface area contributed by atoms with E-state index in [0.717, 1.165) is 37.4 Å². The fourth-order valence-corrected chi connectivity index (χ4v) is 6.91.